The lowest BCUT2D eigenvalue weighted by atomic mass is 10.00. The molecule has 1 aliphatic heterocycles. The second-order valence-corrected chi connectivity index (χ2v) is 7.37. The number of amides is 1. The summed E-state index contributed by atoms with van der Waals surface area (Å²) in [6.45, 7) is 0.936. The Morgan fingerprint density at radius 3 is 2.48 bits per heavy atom. The zero-order chi connectivity index (χ0) is 20.2. The Hall–Kier alpha value is -3.08. The standard InChI is InChI=1S/C24H22ClN3O/c1-26-14-13-16-7-10-19(11-8-16)27-23(17-5-3-2-4-6-17)22-20-12-9-18(25)15-21(20)28-24(22)29/h2-12,15,26-27H,13-14H2,1H3,(H,28,29)/b23-22-. The fourth-order valence-corrected chi connectivity index (χ4v) is 3.62. The van der Waals surface area contributed by atoms with Gasteiger partial charge in [-0.15, -0.1) is 0 Å². The normalized spacial score (nSPS) is 14.3. The van der Waals surface area contributed by atoms with Gasteiger partial charge in [-0.1, -0.05) is 60.1 Å². The fourth-order valence-electron chi connectivity index (χ4n) is 3.45. The molecule has 4 rings (SSSR count). The molecule has 146 valence electrons. The first-order valence-electron chi connectivity index (χ1n) is 9.57. The van der Waals surface area contributed by atoms with E-state index >= 15 is 0 Å². The summed E-state index contributed by atoms with van der Waals surface area (Å²) in [5.41, 5.74) is 6.10. The molecule has 0 saturated heterocycles. The first-order chi connectivity index (χ1) is 14.2. The van der Waals surface area contributed by atoms with Gasteiger partial charge in [0.15, 0.2) is 0 Å². The molecule has 4 nitrogen and oxygen atoms in total. The summed E-state index contributed by atoms with van der Waals surface area (Å²) in [4.78, 5) is 12.9. The second-order valence-electron chi connectivity index (χ2n) is 6.94. The van der Waals surface area contributed by atoms with Gasteiger partial charge in [0.1, 0.15) is 0 Å². The van der Waals surface area contributed by atoms with E-state index < -0.39 is 0 Å². The average molecular weight is 404 g/mol. The van der Waals surface area contributed by atoms with Crippen molar-refractivity contribution >= 4 is 40.2 Å². The van der Waals surface area contributed by atoms with Crippen LogP contribution in [0.2, 0.25) is 5.02 Å². The van der Waals surface area contributed by atoms with Gasteiger partial charge in [0.25, 0.3) is 5.91 Å². The van der Waals surface area contributed by atoms with Crippen LogP contribution in [0.5, 0.6) is 0 Å². The molecular formula is C24H22ClN3O. The maximum absolute atomic E-state index is 12.9. The first kappa shape index (κ1) is 19.2. The van der Waals surface area contributed by atoms with Crippen LogP contribution >= 0.6 is 11.6 Å². The van der Waals surface area contributed by atoms with Crippen molar-refractivity contribution in [3.8, 4) is 0 Å². The van der Waals surface area contributed by atoms with Crippen LogP contribution in [0, 0.1) is 0 Å². The summed E-state index contributed by atoms with van der Waals surface area (Å²) in [5, 5.41) is 10.2. The second kappa shape index (κ2) is 8.52. The van der Waals surface area contributed by atoms with Gasteiger partial charge < -0.3 is 16.0 Å². The highest BCUT2D eigenvalue weighted by Gasteiger charge is 2.28. The lowest BCUT2D eigenvalue weighted by molar-refractivity contribution is -0.110. The molecule has 0 spiro atoms. The number of benzene rings is 3. The van der Waals surface area contributed by atoms with Crippen molar-refractivity contribution in [1.82, 2.24) is 5.32 Å². The maximum Gasteiger partial charge on any atom is 0.258 e. The molecule has 29 heavy (non-hydrogen) atoms. The van der Waals surface area contributed by atoms with Crippen molar-refractivity contribution < 1.29 is 4.79 Å². The molecule has 5 heteroatoms. The largest absolute Gasteiger partial charge is 0.354 e. The monoisotopic (exact) mass is 403 g/mol. The first-order valence-corrected chi connectivity index (χ1v) is 9.95. The van der Waals surface area contributed by atoms with Gasteiger partial charge in [-0.2, -0.15) is 0 Å². The minimum Gasteiger partial charge on any atom is -0.354 e. The topological polar surface area (TPSA) is 53.2 Å². The molecule has 0 bridgehead atoms. The highest BCUT2D eigenvalue weighted by atomic mass is 35.5. The van der Waals surface area contributed by atoms with E-state index in [-0.39, 0.29) is 5.91 Å². The minimum atomic E-state index is -0.140. The Kier molecular flexibility index (Phi) is 5.65. The summed E-state index contributed by atoms with van der Waals surface area (Å²) in [6.07, 6.45) is 0.972. The van der Waals surface area contributed by atoms with Crippen molar-refractivity contribution in [3.05, 3.63) is 94.5 Å². The van der Waals surface area contributed by atoms with Crippen LogP contribution in [0.3, 0.4) is 0 Å². The van der Waals surface area contributed by atoms with Gasteiger partial charge in [-0.3, -0.25) is 4.79 Å². The third-order valence-corrected chi connectivity index (χ3v) is 5.16. The van der Waals surface area contributed by atoms with Crippen molar-refractivity contribution in [2.24, 2.45) is 0 Å². The number of hydrogen-bond acceptors (Lipinski definition) is 3. The predicted molar refractivity (Wildman–Crippen MR) is 121 cm³/mol. The minimum absolute atomic E-state index is 0.140. The highest BCUT2D eigenvalue weighted by Crippen LogP contribution is 2.38. The third-order valence-electron chi connectivity index (χ3n) is 4.93. The van der Waals surface area contributed by atoms with Crippen LogP contribution in [0.1, 0.15) is 16.7 Å². The zero-order valence-corrected chi connectivity index (χ0v) is 16.9. The Morgan fingerprint density at radius 2 is 1.76 bits per heavy atom. The number of rotatable bonds is 6. The van der Waals surface area contributed by atoms with Crippen molar-refractivity contribution in [1.29, 1.82) is 0 Å². The number of halogens is 1. The van der Waals surface area contributed by atoms with Crippen molar-refractivity contribution in [2.45, 2.75) is 6.42 Å². The Labute approximate surface area is 175 Å². The van der Waals surface area contributed by atoms with Crippen LogP contribution in [0.15, 0.2) is 72.8 Å². The number of fused-ring (bicyclic) bond motifs is 1. The summed E-state index contributed by atoms with van der Waals surface area (Å²) in [6, 6.07) is 23.7. The Balaban J connectivity index is 1.76. The number of anilines is 2. The summed E-state index contributed by atoms with van der Waals surface area (Å²) in [7, 11) is 1.95. The number of likely N-dealkylation sites (N-methyl/N-ethyl adjacent to an activating group) is 1. The highest BCUT2D eigenvalue weighted by molar-refractivity contribution is 6.38. The summed E-state index contributed by atoms with van der Waals surface area (Å²) < 4.78 is 0. The Morgan fingerprint density at radius 1 is 1.00 bits per heavy atom. The van der Waals surface area contributed by atoms with E-state index in [0.29, 0.717) is 10.6 Å². The molecule has 0 fully saturated rings. The molecule has 1 heterocycles. The van der Waals surface area contributed by atoms with Gasteiger partial charge >= 0.3 is 0 Å². The van der Waals surface area contributed by atoms with E-state index in [0.717, 1.165) is 41.2 Å². The number of nitrogens with one attached hydrogen (secondary N) is 3. The van der Waals surface area contributed by atoms with Gasteiger partial charge in [-0.25, -0.2) is 0 Å². The summed E-state index contributed by atoms with van der Waals surface area (Å²) >= 11 is 6.11. The lowest BCUT2D eigenvalue weighted by Crippen LogP contribution is -2.11. The van der Waals surface area contributed by atoms with Gasteiger partial charge in [0, 0.05) is 16.3 Å². The average Bonchev–Trinajstić information content (AvgIpc) is 3.06. The quantitative estimate of drug-likeness (QED) is 0.506. The zero-order valence-electron chi connectivity index (χ0n) is 16.1. The van der Waals surface area contributed by atoms with Crippen LogP contribution in [0.4, 0.5) is 11.4 Å². The fraction of sp³-hybridized carbons (Fsp3) is 0.125. The molecule has 0 aliphatic carbocycles. The van der Waals surface area contributed by atoms with Crippen LogP contribution in [-0.2, 0) is 11.2 Å². The van der Waals surface area contributed by atoms with E-state index in [1.54, 1.807) is 12.1 Å². The molecule has 0 radical (unpaired) electrons. The molecule has 3 aromatic rings. The van der Waals surface area contributed by atoms with Gasteiger partial charge in [-0.05, 0) is 55.4 Å². The molecule has 3 aromatic carbocycles. The molecule has 3 N–H and O–H groups in total. The van der Waals surface area contributed by atoms with E-state index in [2.05, 4.69) is 28.1 Å². The maximum atomic E-state index is 12.9. The smallest absolute Gasteiger partial charge is 0.258 e. The van der Waals surface area contributed by atoms with E-state index in [1.165, 1.54) is 5.56 Å². The van der Waals surface area contributed by atoms with Gasteiger partial charge in [0.2, 0.25) is 0 Å². The number of hydrogen-bond donors (Lipinski definition) is 3. The van der Waals surface area contributed by atoms with Crippen molar-refractivity contribution in [2.75, 3.05) is 24.2 Å². The molecule has 0 atom stereocenters. The molecule has 0 unspecified atom stereocenters. The molecule has 0 saturated carbocycles. The van der Waals surface area contributed by atoms with Crippen molar-refractivity contribution in [3.63, 3.8) is 0 Å². The predicted octanol–water partition coefficient (Wildman–Crippen LogP) is 5.03. The van der Waals surface area contributed by atoms with E-state index in [9.17, 15) is 4.79 Å². The Bertz CT molecular complexity index is 1060. The molecular weight excluding hydrogens is 382 g/mol. The SMILES string of the molecule is CNCCc1ccc(N/C(=C2\C(=O)Nc3cc(Cl)ccc32)c2ccccc2)cc1. The van der Waals surface area contributed by atoms with E-state index in [4.69, 9.17) is 11.6 Å². The van der Waals surface area contributed by atoms with Crippen LogP contribution in [-0.4, -0.2) is 19.5 Å². The van der Waals surface area contributed by atoms with Gasteiger partial charge in [0.05, 0.1) is 17.0 Å². The lowest BCUT2D eigenvalue weighted by Gasteiger charge is -2.15. The molecule has 0 aromatic heterocycles. The third kappa shape index (κ3) is 4.19. The number of carbonyl (C=O) groups excluding carboxylic acids is 1. The summed E-state index contributed by atoms with van der Waals surface area (Å²) in [5.74, 6) is -0.140. The van der Waals surface area contributed by atoms with E-state index in [1.807, 2.05) is 55.6 Å². The molecule has 1 amide bonds. The van der Waals surface area contributed by atoms with Crippen LogP contribution in [0.25, 0.3) is 11.3 Å². The number of carbonyl (C=O) groups is 1. The van der Waals surface area contributed by atoms with Crippen LogP contribution < -0.4 is 16.0 Å². The molecule has 1 aliphatic rings.